The molecule has 0 saturated heterocycles. The van der Waals surface area contributed by atoms with Gasteiger partial charge in [-0.3, -0.25) is 0 Å². The molecular formula is C14H18ClN3O. The Bertz CT molecular complexity index is 590. The second-order valence-corrected chi connectivity index (χ2v) is 5.63. The van der Waals surface area contributed by atoms with Gasteiger partial charge in [-0.2, -0.15) is 0 Å². The largest absolute Gasteiger partial charge is 0.397 e. The van der Waals surface area contributed by atoms with Crippen molar-refractivity contribution >= 4 is 28.3 Å². The lowest BCUT2D eigenvalue weighted by atomic mass is 9.80. The van der Waals surface area contributed by atoms with Crippen molar-refractivity contribution in [3.05, 3.63) is 23.0 Å². The SMILES string of the molecule is CCOC1CC(Cc2nc3c(N)cc(Cl)cc3[nH]2)C1. The molecular weight excluding hydrogens is 262 g/mol. The third-order valence-corrected chi connectivity index (χ3v) is 3.92. The Balaban J connectivity index is 1.71. The summed E-state index contributed by atoms with van der Waals surface area (Å²) in [5.74, 6) is 1.65. The lowest BCUT2D eigenvalue weighted by Crippen LogP contribution is -2.32. The summed E-state index contributed by atoms with van der Waals surface area (Å²) in [6.45, 7) is 2.84. The fraction of sp³-hybridized carbons (Fsp3) is 0.500. The number of benzene rings is 1. The smallest absolute Gasteiger partial charge is 0.112 e. The van der Waals surface area contributed by atoms with Gasteiger partial charge in [0.1, 0.15) is 11.3 Å². The summed E-state index contributed by atoms with van der Waals surface area (Å²) in [6.07, 6.45) is 3.65. The van der Waals surface area contributed by atoms with Crippen molar-refractivity contribution in [1.29, 1.82) is 0 Å². The van der Waals surface area contributed by atoms with Gasteiger partial charge in [0.05, 0.1) is 17.3 Å². The number of fused-ring (bicyclic) bond motifs is 1. The molecule has 102 valence electrons. The second-order valence-electron chi connectivity index (χ2n) is 5.19. The molecule has 5 heteroatoms. The van der Waals surface area contributed by atoms with Gasteiger partial charge < -0.3 is 15.5 Å². The maximum absolute atomic E-state index is 5.99. The van der Waals surface area contributed by atoms with E-state index in [0.29, 0.717) is 22.7 Å². The summed E-state index contributed by atoms with van der Waals surface area (Å²) in [5.41, 5.74) is 8.29. The number of aromatic amines is 1. The highest BCUT2D eigenvalue weighted by atomic mass is 35.5. The first-order valence-electron chi connectivity index (χ1n) is 6.71. The fourth-order valence-electron chi connectivity index (χ4n) is 2.74. The molecule has 0 aliphatic heterocycles. The first-order valence-corrected chi connectivity index (χ1v) is 7.08. The molecule has 1 aromatic carbocycles. The Morgan fingerprint density at radius 3 is 3.00 bits per heavy atom. The standard InChI is InChI=1S/C14H18ClN3O/c1-2-19-10-3-8(4-10)5-13-17-12-7-9(15)6-11(16)14(12)18-13/h6-8,10H,2-5,16H2,1H3,(H,17,18). The lowest BCUT2D eigenvalue weighted by molar-refractivity contribution is -0.0244. The zero-order valence-electron chi connectivity index (χ0n) is 10.9. The van der Waals surface area contributed by atoms with Crippen LogP contribution >= 0.6 is 11.6 Å². The van der Waals surface area contributed by atoms with Gasteiger partial charge in [0, 0.05) is 18.1 Å². The third kappa shape index (κ3) is 2.55. The average molecular weight is 280 g/mol. The summed E-state index contributed by atoms with van der Waals surface area (Å²) in [4.78, 5) is 7.87. The Labute approximate surface area is 117 Å². The van der Waals surface area contributed by atoms with Crippen molar-refractivity contribution in [3.63, 3.8) is 0 Å². The number of hydrogen-bond acceptors (Lipinski definition) is 3. The number of nitrogen functional groups attached to an aromatic ring is 1. The van der Waals surface area contributed by atoms with Gasteiger partial charge >= 0.3 is 0 Å². The predicted molar refractivity (Wildman–Crippen MR) is 77.4 cm³/mol. The minimum absolute atomic E-state index is 0.443. The van der Waals surface area contributed by atoms with Crippen LogP contribution in [0.25, 0.3) is 11.0 Å². The number of nitrogens with two attached hydrogens (primary N) is 1. The molecule has 0 radical (unpaired) electrons. The number of hydrogen-bond donors (Lipinski definition) is 2. The average Bonchev–Trinajstić information content (AvgIpc) is 2.69. The van der Waals surface area contributed by atoms with E-state index >= 15 is 0 Å². The van der Waals surface area contributed by atoms with Gasteiger partial charge in [-0.25, -0.2) is 4.98 Å². The van der Waals surface area contributed by atoms with Crippen LogP contribution in [0.15, 0.2) is 12.1 Å². The van der Waals surface area contributed by atoms with E-state index in [1.54, 1.807) is 6.07 Å². The van der Waals surface area contributed by atoms with Crippen molar-refractivity contribution in [1.82, 2.24) is 9.97 Å². The molecule has 1 fully saturated rings. The minimum Gasteiger partial charge on any atom is -0.397 e. The van der Waals surface area contributed by atoms with Crippen LogP contribution in [0.3, 0.4) is 0 Å². The number of aromatic nitrogens is 2. The van der Waals surface area contributed by atoms with E-state index in [-0.39, 0.29) is 0 Å². The number of halogens is 1. The van der Waals surface area contributed by atoms with Crippen LogP contribution in [-0.4, -0.2) is 22.7 Å². The normalized spacial score (nSPS) is 22.6. The summed E-state index contributed by atoms with van der Waals surface area (Å²) in [7, 11) is 0. The highest BCUT2D eigenvalue weighted by Gasteiger charge is 2.30. The van der Waals surface area contributed by atoms with Crippen LogP contribution in [0, 0.1) is 5.92 Å². The number of ether oxygens (including phenoxy) is 1. The predicted octanol–water partition coefficient (Wildman–Crippen LogP) is 3.16. The maximum atomic E-state index is 5.99. The summed E-state index contributed by atoms with van der Waals surface area (Å²) < 4.78 is 5.57. The van der Waals surface area contributed by atoms with Gasteiger partial charge in [-0.15, -0.1) is 0 Å². The molecule has 0 bridgehead atoms. The molecule has 3 rings (SSSR count). The number of H-pyrrole nitrogens is 1. The molecule has 1 aliphatic carbocycles. The number of anilines is 1. The summed E-state index contributed by atoms with van der Waals surface area (Å²) in [5, 5.41) is 0.639. The van der Waals surface area contributed by atoms with Crippen LogP contribution in [-0.2, 0) is 11.2 Å². The maximum Gasteiger partial charge on any atom is 0.112 e. The lowest BCUT2D eigenvalue weighted by Gasteiger charge is -2.34. The van der Waals surface area contributed by atoms with E-state index in [4.69, 9.17) is 22.1 Å². The monoisotopic (exact) mass is 279 g/mol. The topological polar surface area (TPSA) is 63.9 Å². The molecule has 3 N–H and O–H groups in total. The van der Waals surface area contributed by atoms with E-state index < -0.39 is 0 Å². The number of nitrogens with zero attached hydrogens (tertiary/aromatic N) is 1. The fourth-order valence-corrected chi connectivity index (χ4v) is 2.97. The van der Waals surface area contributed by atoms with Crippen molar-refractivity contribution < 1.29 is 4.74 Å². The number of imidazole rings is 1. The first-order chi connectivity index (χ1) is 9.15. The molecule has 2 aromatic rings. The van der Waals surface area contributed by atoms with Crippen LogP contribution in [0.1, 0.15) is 25.6 Å². The van der Waals surface area contributed by atoms with E-state index in [1.807, 2.05) is 13.0 Å². The second kappa shape index (κ2) is 5.02. The highest BCUT2D eigenvalue weighted by Crippen LogP contribution is 2.33. The summed E-state index contributed by atoms with van der Waals surface area (Å²) in [6, 6.07) is 3.61. The third-order valence-electron chi connectivity index (χ3n) is 3.71. The van der Waals surface area contributed by atoms with Crippen LogP contribution in [0.2, 0.25) is 5.02 Å². The molecule has 0 spiro atoms. The zero-order valence-corrected chi connectivity index (χ0v) is 11.7. The van der Waals surface area contributed by atoms with E-state index in [2.05, 4.69) is 9.97 Å². The highest BCUT2D eigenvalue weighted by molar-refractivity contribution is 6.31. The van der Waals surface area contributed by atoms with Gasteiger partial charge in [0.2, 0.25) is 0 Å². The van der Waals surface area contributed by atoms with Crippen molar-refractivity contribution in [3.8, 4) is 0 Å². The molecule has 0 atom stereocenters. The molecule has 4 nitrogen and oxygen atoms in total. The Morgan fingerprint density at radius 2 is 2.26 bits per heavy atom. The Kier molecular flexibility index (Phi) is 3.37. The molecule has 19 heavy (non-hydrogen) atoms. The van der Waals surface area contributed by atoms with Gasteiger partial charge in [-0.1, -0.05) is 11.6 Å². The quantitative estimate of drug-likeness (QED) is 0.845. The van der Waals surface area contributed by atoms with Crippen molar-refractivity contribution in [2.75, 3.05) is 12.3 Å². The van der Waals surface area contributed by atoms with Crippen LogP contribution < -0.4 is 5.73 Å². The number of rotatable bonds is 4. The van der Waals surface area contributed by atoms with Crippen molar-refractivity contribution in [2.24, 2.45) is 5.92 Å². The molecule has 1 aromatic heterocycles. The molecule has 1 saturated carbocycles. The van der Waals surface area contributed by atoms with Gasteiger partial charge in [-0.05, 0) is 37.8 Å². The zero-order chi connectivity index (χ0) is 13.4. The van der Waals surface area contributed by atoms with E-state index in [1.165, 1.54) is 0 Å². The van der Waals surface area contributed by atoms with Crippen LogP contribution in [0.4, 0.5) is 5.69 Å². The van der Waals surface area contributed by atoms with Gasteiger partial charge in [0.25, 0.3) is 0 Å². The van der Waals surface area contributed by atoms with E-state index in [9.17, 15) is 0 Å². The summed E-state index contributed by atoms with van der Waals surface area (Å²) >= 11 is 5.99. The Morgan fingerprint density at radius 1 is 1.47 bits per heavy atom. The van der Waals surface area contributed by atoms with E-state index in [0.717, 1.165) is 42.7 Å². The van der Waals surface area contributed by atoms with Crippen LogP contribution in [0.5, 0.6) is 0 Å². The first kappa shape index (κ1) is 12.8. The Hall–Kier alpha value is -1.26. The molecule has 0 unspecified atom stereocenters. The minimum atomic E-state index is 0.443. The van der Waals surface area contributed by atoms with Crippen molar-refractivity contribution in [2.45, 2.75) is 32.3 Å². The molecule has 0 amide bonds. The van der Waals surface area contributed by atoms with Gasteiger partial charge in [0.15, 0.2) is 0 Å². The number of nitrogens with one attached hydrogen (secondary N) is 1. The molecule has 1 aliphatic rings. The molecule has 1 heterocycles.